The minimum absolute atomic E-state index is 0.262. The highest BCUT2D eigenvalue weighted by Crippen LogP contribution is 2.23. The lowest BCUT2D eigenvalue weighted by atomic mass is 10.1. The molecule has 0 saturated carbocycles. The van der Waals surface area contributed by atoms with E-state index in [0.29, 0.717) is 11.4 Å². The first-order chi connectivity index (χ1) is 10.1. The topological polar surface area (TPSA) is 118 Å². The standard InChI is InChI=1S/C14H10N6O/c1-9-2-3-10(12-4-5-14(21)20-18-12)6-13(9)19-17-11(7-15)8-16/h2-6,19H,1H3,(H,20,21). The third-order valence-electron chi connectivity index (χ3n) is 2.71. The van der Waals surface area contributed by atoms with Crippen LogP contribution in [0.15, 0.2) is 40.2 Å². The second-order valence-electron chi connectivity index (χ2n) is 4.13. The summed E-state index contributed by atoms with van der Waals surface area (Å²) in [6.45, 7) is 1.86. The van der Waals surface area contributed by atoms with Crippen molar-refractivity contribution < 1.29 is 0 Å². The van der Waals surface area contributed by atoms with Crippen molar-refractivity contribution in [3.8, 4) is 23.4 Å². The number of aryl methyl sites for hydroxylation is 1. The van der Waals surface area contributed by atoms with Gasteiger partial charge in [-0.05, 0) is 24.6 Å². The van der Waals surface area contributed by atoms with Crippen LogP contribution in [-0.4, -0.2) is 15.9 Å². The molecule has 1 aromatic carbocycles. The summed E-state index contributed by atoms with van der Waals surface area (Å²) >= 11 is 0. The molecule has 0 aliphatic heterocycles. The molecule has 1 aromatic heterocycles. The van der Waals surface area contributed by atoms with Crippen molar-refractivity contribution in [2.45, 2.75) is 6.92 Å². The van der Waals surface area contributed by atoms with Crippen LogP contribution in [0.3, 0.4) is 0 Å². The van der Waals surface area contributed by atoms with Crippen molar-refractivity contribution in [2.24, 2.45) is 5.10 Å². The molecule has 0 bridgehead atoms. The molecule has 0 radical (unpaired) electrons. The average molecular weight is 278 g/mol. The van der Waals surface area contributed by atoms with Crippen molar-refractivity contribution in [3.63, 3.8) is 0 Å². The number of hydrogen-bond donors (Lipinski definition) is 2. The summed E-state index contributed by atoms with van der Waals surface area (Å²) in [4.78, 5) is 11.0. The molecule has 0 aliphatic rings. The first kappa shape index (κ1) is 14.0. The Labute approximate surface area is 120 Å². The van der Waals surface area contributed by atoms with Crippen molar-refractivity contribution >= 4 is 11.4 Å². The molecular formula is C14H10N6O. The summed E-state index contributed by atoms with van der Waals surface area (Å²) in [5, 5.41) is 27.3. The lowest BCUT2D eigenvalue weighted by molar-refractivity contribution is 0.995. The van der Waals surface area contributed by atoms with E-state index in [2.05, 4.69) is 20.7 Å². The van der Waals surface area contributed by atoms with Gasteiger partial charge in [0.1, 0.15) is 12.1 Å². The summed E-state index contributed by atoms with van der Waals surface area (Å²) in [6, 6.07) is 11.8. The number of rotatable bonds is 3. The molecule has 0 unspecified atom stereocenters. The summed E-state index contributed by atoms with van der Waals surface area (Å²) in [6.07, 6.45) is 0. The quantitative estimate of drug-likeness (QED) is 0.652. The zero-order valence-corrected chi connectivity index (χ0v) is 11.1. The highest BCUT2D eigenvalue weighted by molar-refractivity contribution is 6.10. The normalized spacial score (nSPS) is 9.29. The van der Waals surface area contributed by atoms with Crippen LogP contribution in [0.2, 0.25) is 0 Å². The Morgan fingerprint density at radius 2 is 2.05 bits per heavy atom. The minimum Gasteiger partial charge on any atom is -0.276 e. The van der Waals surface area contributed by atoms with Gasteiger partial charge in [-0.3, -0.25) is 10.2 Å². The molecule has 102 valence electrons. The second kappa shape index (κ2) is 6.13. The second-order valence-corrected chi connectivity index (χ2v) is 4.13. The van der Waals surface area contributed by atoms with Gasteiger partial charge in [-0.15, -0.1) is 0 Å². The number of nitrogens with one attached hydrogen (secondary N) is 2. The first-order valence-electron chi connectivity index (χ1n) is 5.94. The third-order valence-corrected chi connectivity index (χ3v) is 2.71. The maximum atomic E-state index is 11.0. The number of H-pyrrole nitrogens is 1. The van der Waals surface area contributed by atoms with Crippen LogP contribution in [0.5, 0.6) is 0 Å². The van der Waals surface area contributed by atoms with E-state index in [9.17, 15) is 4.79 Å². The fourth-order valence-electron chi connectivity index (χ4n) is 1.60. The molecule has 2 N–H and O–H groups in total. The molecule has 0 fully saturated rings. The fraction of sp³-hybridized carbons (Fsp3) is 0.0714. The molecule has 0 aliphatic carbocycles. The number of anilines is 1. The van der Waals surface area contributed by atoms with E-state index in [4.69, 9.17) is 10.5 Å². The van der Waals surface area contributed by atoms with Crippen molar-refractivity contribution in [2.75, 3.05) is 5.43 Å². The van der Waals surface area contributed by atoms with E-state index in [0.717, 1.165) is 11.1 Å². The molecule has 0 amide bonds. The van der Waals surface area contributed by atoms with Gasteiger partial charge in [0.05, 0.1) is 11.4 Å². The third kappa shape index (κ3) is 3.31. The van der Waals surface area contributed by atoms with Crippen LogP contribution in [0.1, 0.15) is 5.56 Å². The fourth-order valence-corrected chi connectivity index (χ4v) is 1.60. The Bertz CT molecular complexity index is 801. The van der Waals surface area contributed by atoms with Gasteiger partial charge in [0.2, 0.25) is 5.71 Å². The average Bonchev–Trinajstić information content (AvgIpc) is 2.51. The largest absolute Gasteiger partial charge is 0.276 e. The predicted molar refractivity (Wildman–Crippen MR) is 77.3 cm³/mol. The number of hydrogen-bond acceptors (Lipinski definition) is 6. The van der Waals surface area contributed by atoms with E-state index in [-0.39, 0.29) is 11.3 Å². The first-order valence-corrected chi connectivity index (χ1v) is 5.94. The zero-order valence-electron chi connectivity index (χ0n) is 11.1. The van der Waals surface area contributed by atoms with Crippen LogP contribution in [-0.2, 0) is 0 Å². The summed E-state index contributed by atoms with van der Waals surface area (Å²) in [5.41, 5.74) is 5.04. The number of hydrazone groups is 1. The van der Waals surface area contributed by atoms with Gasteiger partial charge in [0.15, 0.2) is 0 Å². The number of nitriles is 2. The Balaban J connectivity index is 2.36. The highest BCUT2D eigenvalue weighted by atomic mass is 16.1. The summed E-state index contributed by atoms with van der Waals surface area (Å²) in [5.74, 6) is 0. The van der Waals surface area contributed by atoms with Crippen LogP contribution in [0, 0.1) is 29.6 Å². The zero-order chi connectivity index (χ0) is 15.2. The maximum Gasteiger partial charge on any atom is 0.264 e. The molecule has 0 saturated heterocycles. The molecule has 0 spiro atoms. The van der Waals surface area contributed by atoms with Gasteiger partial charge in [0.25, 0.3) is 5.56 Å². The van der Waals surface area contributed by atoms with Crippen molar-refractivity contribution in [1.29, 1.82) is 10.5 Å². The van der Waals surface area contributed by atoms with Gasteiger partial charge in [0, 0.05) is 11.6 Å². The maximum absolute atomic E-state index is 11.0. The number of aromatic amines is 1. The Hall–Kier alpha value is -3.45. The Morgan fingerprint density at radius 3 is 2.67 bits per heavy atom. The van der Waals surface area contributed by atoms with Gasteiger partial charge in [-0.2, -0.15) is 20.7 Å². The summed E-state index contributed by atoms with van der Waals surface area (Å²) in [7, 11) is 0. The van der Waals surface area contributed by atoms with Crippen LogP contribution < -0.4 is 11.0 Å². The van der Waals surface area contributed by atoms with E-state index < -0.39 is 0 Å². The molecule has 7 nitrogen and oxygen atoms in total. The van der Waals surface area contributed by atoms with Crippen LogP contribution in [0.4, 0.5) is 5.69 Å². The van der Waals surface area contributed by atoms with Crippen molar-refractivity contribution in [3.05, 3.63) is 46.2 Å². The predicted octanol–water partition coefficient (Wildman–Crippen LogP) is 1.56. The van der Waals surface area contributed by atoms with Crippen LogP contribution >= 0.6 is 0 Å². The molecule has 2 rings (SSSR count). The number of nitrogens with zero attached hydrogens (tertiary/aromatic N) is 4. The smallest absolute Gasteiger partial charge is 0.264 e. The molecule has 2 aromatic rings. The molecule has 1 heterocycles. The molecule has 21 heavy (non-hydrogen) atoms. The van der Waals surface area contributed by atoms with E-state index in [1.54, 1.807) is 24.3 Å². The van der Waals surface area contributed by atoms with E-state index >= 15 is 0 Å². The number of aromatic nitrogens is 2. The van der Waals surface area contributed by atoms with Gasteiger partial charge in [-0.1, -0.05) is 12.1 Å². The van der Waals surface area contributed by atoms with E-state index in [1.165, 1.54) is 6.07 Å². The molecule has 0 atom stereocenters. The number of benzene rings is 1. The van der Waals surface area contributed by atoms with Gasteiger partial charge in [-0.25, -0.2) is 5.10 Å². The van der Waals surface area contributed by atoms with Crippen LogP contribution in [0.25, 0.3) is 11.3 Å². The van der Waals surface area contributed by atoms with Gasteiger partial charge >= 0.3 is 0 Å². The SMILES string of the molecule is Cc1ccc(-c2ccc(=O)[nH]n2)cc1NN=C(C#N)C#N. The molecular weight excluding hydrogens is 268 g/mol. The Morgan fingerprint density at radius 1 is 1.29 bits per heavy atom. The highest BCUT2D eigenvalue weighted by Gasteiger charge is 2.04. The van der Waals surface area contributed by atoms with Gasteiger partial charge < -0.3 is 0 Å². The van der Waals surface area contributed by atoms with E-state index in [1.807, 2.05) is 19.1 Å². The lowest BCUT2D eigenvalue weighted by Gasteiger charge is -2.07. The Kier molecular flexibility index (Phi) is 4.08. The minimum atomic E-state index is -0.276. The lowest BCUT2D eigenvalue weighted by Crippen LogP contribution is -2.05. The molecule has 7 heteroatoms. The van der Waals surface area contributed by atoms with Crippen molar-refractivity contribution in [1.82, 2.24) is 10.2 Å². The summed E-state index contributed by atoms with van der Waals surface area (Å²) < 4.78 is 0. The monoisotopic (exact) mass is 278 g/mol.